The summed E-state index contributed by atoms with van der Waals surface area (Å²) in [4.78, 5) is 12.1. The zero-order valence-electron chi connectivity index (χ0n) is 13.1. The fourth-order valence-corrected chi connectivity index (χ4v) is 2.18. The topological polar surface area (TPSA) is 41.1 Å². The van der Waals surface area contributed by atoms with Crippen molar-refractivity contribution in [2.45, 2.75) is 27.7 Å². The van der Waals surface area contributed by atoms with Crippen molar-refractivity contribution in [2.24, 2.45) is 0 Å². The number of anilines is 2. The summed E-state index contributed by atoms with van der Waals surface area (Å²) in [7, 11) is 0. The van der Waals surface area contributed by atoms with Crippen LogP contribution in [0.25, 0.3) is 0 Å². The SMILES string of the molecule is Cc1ccc(C)c(NCC(=O)Nc2cccc(C)c2C)c1. The zero-order valence-corrected chi connectivity index (χ0v) is 13.1. The highest BCUT2D eigenvalue weighted by Crippen LogP contribution is 2.18. The second kappa shape index (κ2) is 6.44. The van der Waals surface area contributed by atoms with Crippen LogP contribution in [0, 0.1) is 27.7 Å². The maximum atomic E-state index is 12.1. The van der Waals surface area contributed by atoms with Crippen molar-refractivity contribution in [3.05, 3.63) is 58.7 Å². The molecule has 0 aliphatic rings. The fourth-order valence-electron chi connectivity index (χ4n) is 2.18. The van der Waals surface area contributed by atoms with Crippen LogP contribution in [0.1, 0.15) is 22.3 Å². The van der Waals surface area contributed by atoms with Crippen molar-refractivity contribution in [1.82, 2.24) is 0 Å². The molecule has 0 radical (unpaired) electrons. The van der Waals surface area contributed by atoms with Crippen LogP contribution in [0.5, 0.6) is 0 Å². The minimum absolute atomic E-state index is 0.0374. The Hall–Kier alpha value is -2.29. The van der Waals surface area contributed by atoms with Crippen LogP contribution >= 0.6 is 0 Å². The van der Waals surface area contributed by atoms with Crippen molar-refractivity contribution >= 4 is 17.3 Å². The summed E-state index contributed by atoms with van der Waals surface area (Å²) in [5.41, 5.74) is 6.49. The molecule has 0 aromatic heterocycles. The van der Waals surface area contributed by atoms with Crippen LogP contribution in [0.15, 0.2) is 36.4 Å². The van der Waals surface area contributed by atoms with Gasteiger partial charge in [-0.15, -0.1) is 0 Å². The number of nitrogens with one attached hydrogen (secondary N) is 2. The summed E-state index contributed by atoms with van der Waals surface area (Å²) in [5.74, 6) is -0.0374. The van der Waals surface area contributed by atoms with Crippen molar-refractivity contribution in [1.29, 1.82) is 0 Å². The van der Waals surface area contributed by atoms with E-state index in [1.807, 2.05) is 45.9 Å². The van der Waals surface area contributed by atoms with Gasteiger partial charge in [0.25, 0.3) is 0 Å². The van der Waals surface area contributed by atoms with Crippen molar-refractivity contribution in [3.8, 4) is 0 Å². The molecule has 0 saturated carbocycles. The molecule has 2 aromatic rings. The highest BCUT2D eigenvalue weighted by molar-refractivity contribution is 5.94. The highest BCUT2D eigenvalue weighted by atomic mass is 16.1. The number of hydrogen-bond donors (Lipinski definition) is 2. The molecule has 0 heterocycles. The van der Waals surface area contributed by atoms with Gasteiger partial charge in [-0.1, -0.05) is 24.3 Å². The van der Waals surface area contributed by atoms with Gasteiger partial charge in [0.2, 0.25) is 5.91 Å². The fraction of sp³-hybridized carbons (Fsp3) is 0.278. The minimum atomic E-state index is -0.0374. The zero-order chi connectivity index (χ0) is 15.4. The Kier molecular flexibility index (Phi) is 4.63. The number of rotatable bonds is 4. The van der Waals surface area contributed by atoms with Gasteiger partial charge in [-0.2, -0.15) is 0 Å². The molecule has 0 aliphatic heterocycles. The van der Waals surface area contributed by atoms with Gasteiger partial charge in [0, 0.05) is 11.4 Å². The van der Waals surface area contributed by atoms with Crippen LogP contribution in [0.4, 0.5) is 11.4 Å². The lowest BCUT2D eigenvalue weighted by molar-refractivity contribution is -0.114. The summed E-state index contributed by atoms with van der Waals surface area (Å²) in [5, 5.41) is 6.15. The molecular formula is C18H22N2O. The second-order valence-corrected chi connectivity index (χ2v) is 5.47. The summed E-state index contributed by atoms with van der Waals surface area (Å²) in [6.45, 7) is 8.39. The van der Waals surface area contributed by atoms with E-state index in [0.717, 1.165) is 22.5 Å². The maximum Gasteiger partial charge on any atom is 0.243 e. The molecule has 0 saturated heterocycles. The number of carbonyl (C=O) groups excluding carboxylic acids is 1. The largest absolute Gasteiger partial charge is 0.376 e. The van der Waals surface area contributed by atoms with Crippen LogP contribution in [-0.4, -0.2) is 12.5 Å². The minimum Gasteiger partial charge on any atom is -0.376 e. The van der Waals surface area contributed by atoms with Gasteiger partial charge >= 0.3 is 0 Å². The van der Waals surface area contributed by atoms with Crippen LogP contribution < -0.4 is 10.6 Å². The number of aryl methyl sites for hydroxylation is 3. The Morgan fingerprint density at radius 3 is 2.48 bits per heavy atom. The quantitative estimate of drug-likeness (QED) is 0.891. The van der Waals surface area contributed by atoms with Crippen molar-refractivity contribution in [2.75, 3.05) is 17.2 Å². The van der Waals surface area contributed by atoms with Gasteiger partial charge in [-0.05, 0) is 62.1 Å². The predicted molar refractivity (Wildman–Crippen MR) is 89.0 cm³/mol. The molecule has 3 nitrogen and oxygen atoms in total. The smallest absolute Gasteiger partial charge is 0.243 e. The van der Waals surface area contributed by atoms with Gasteiger partial charge in [-0.3, -0.25) is 4.79 Å². The molecule has 0 atom stereocenters. The lowest BCUT2D eigenvalue weighted by Gasteiger charge is -2.13. The van der Waals surface area contributed by atoms with Crippen molar-refractivity contribution < 1.29 is 4.79 Å². The first kappa shape index (κ1) is 15.1. The Morgan fingerprint density at radius 2 is 1.71 bits per heavy atom. The number of carbonyl (C=O) groups is 1. The Morgan fingerprint density at radius 1 is 0.952 bits per heavy atom. The molecule has 0 aliphatic carbocycles. The van der Waals surface area contributed by atoms with E-state index in [4.69, 9.17) is 0 Å². The maximum absolute atomic E-state index is 12.1. The summed E-state index contributed by atoms with van der Waals surface area (Å²) < 4.78 is 0. The first-order chi connectivity index (χ1) is 9.97. The monoisotopic (exact) mass is 282 g/mol. The van der Waals surface area contributed by atoms with E-state index in [2.05, 4.69) is 28.8 Å². The Bertz CT molecular complexity index is 662. The van der Waals surface area contributed by atoms with Gasteiger partial charge in [-0.25, -0.2) is 0 Å². The van der Waals surface area contributed by atoms with Crippen LogP contribution in [-0.2, 0) is 4.79 Å². The molecule has 110 valence electrons. The van der Waals surface area contributed by atoms with Crippen LogP contribution in [0.3, 0.4) is 0 Å². The molecule has 0 fully saturated rings. The first-order valence-corrected chi connectivity index (χ1v) is 7.14. The third kappa shape index (κ3) is 3.85. The van der Waals surface area contributed by atoms with E-state index in [1.165, 1.54) is 11.1 Å². The Balaban J connectivity index is 1.99. The van der Waals surface area contributed by atoms with E-state index < -0.39 is 0 Å². The molecule has 0 spiro atoms. The summed E-state index contributed by atoms with van der Waals surface area (Å²) >= 11 is 0. The van der Waals surface area contributed by atoms with Crippen molar-refractivity contribution in [3.63, 3.8) is 0 Å². The highest BCUT2D eigenvalue weighted by Gasteiger charge is 2.06. The molecule has 0 bridgehead atoms. The van der Waals surface area contributed by atoms with Crippen LogP contribution in [0.2, 0.25) is 0 Å². The molecule has 2 N–H and O–H groups in total. The Labute approximate surface area is 126 Å². The van der Waals surface area contributed by atoms with Gasteiger partial charge in [0.1, 0.15) is 0 Å². The lowest BCUT2D eigenvalue weighted by atomic mass is 10.1. The third-order valence-electron chi connectivity index (χ3n) is 3.71. The number of hydrogen-bond acceptors (Lipinski definition) is 2. The predicted octanol–water partition coefficient (Wildman–Crippen LogP) is 3.97. The normalized spacial score (nSPS) is 10.3. The number of benzene rings is 2. The van der Waals surface area contributed by atoms with E-state index in [-0.39, 0.29) is 12.5 Å². The lowest BCUT2D eigenvalue weighted by Crippen LogP contribution is -2.22. The molecular weight excluding hydrogens is 260 g/mol. The summed E-state index contributed by atoms with van der Waals surface area (Å²) in [6.07, 6.45) is 0. The van der Waals surface area contributed by atoms with Gasteiger partial charge < -0.3 is 10.6 Å². The van der Waals surface area contributed by atoms with E-state index in [1.54, 1.807) is 0 Å². The van der Waals surface area contributed by atoms with E-state index >= 15 is 0 Å². The van der Waals surface area contributed by atoms with E-state index in [0.29, 0.717) is 0 Å². The first-order valence-electron chi connectivity index (χ1n) is 7.14. The second-order valence-electron chi connectivity index (χ2n) is 5.47. The molecule has 3 heteroatoms. The molecule has 2 rings (SSSR count). The van der Waals surface area contributed by atoms with Gasteiger partial charge in [0.15, 0.2) is 0 Å². The van der Waals surface area contributed by atoms with E-state index in [9.17, 15) is 4.79 Å². The number of amides is 1. The van der Waals surface area contributed by atoms with Gasteiger partial charge in [0.05, 0.1) is 6.54 Å². The third-order valence-corrected chi connectivity index (χ3v) is 3.71. The summed E-state index contributed by atoms with van der Waals surface area (Å²) in [6, 6.07) is 12.1. The molecule has 2 aromatic carbocycles. The average molecular weight is 282 g/mol. The molecule has 21 heavy (non-hydrogen) atoms. The molecule has 1 amide bonds. The standard InChI is InChI=1S/C18H22N2O/c1-12-8-9-14(3)17(10-12)19-11-18(21)20-16-7-5-6-13(2)15(16)4/h5-10,19H,11H2,1-4H3,(H,20,21). The molecule has 0 unspecified atom stereocenters. The average Bonchev–Trinajstić information content (AvgIpc) is 2.45.